The molecule has 2 aliphatic rings. The second-order valence-corrected chi connectivity index (χ2v) is 8.27. The van der Waals surface area contributed by atoms with Crippen molar-refractivity contribution in [3.05, 3.63) is 52.8 Å². The van der Waals surface area contributed by atoms with E-state index >= 15 is 0 Å². The molecule has 4 nitrogen and oxygen atoms in total. The van der Waals surface area contributed by atoms with Gasteiger partial charge in [0.2, 0.25) is 5.91 Å². The highest BCUT2D eigenvalue weighted by molar-refractivity contribution is 6.31. The molecule has 0 bridgehead atoms. The Labute approximate surface area is 171 Å². The van der Waals surface area contributed by atoms with Crippen molar-refractivity contribution in [2.45, 2.75) is 51.0 Å². The molecule has 1 aliphatic heterocycles. The maximum Gasteiger partial charge on any atom is 0.226 e. The van der Waals surface area contributed by atoms with Crippen LogP contribution in [-0.4, -0.2) is 28.4 Å². The largest absolute Gasteiger partial charge is 0.339 e. The number of rotatable bonds is 4. The lowest BCUT2D eigenvalue weighted by Gasteiger charge is -2.31. The van der Waals surface area contributed by atoms with Gasteiger partial charge in [0.1, 0.15) is 11.8 Å². The van der Waals surface area contributed by atoms with Gasteiger partial charge in [0.05, 0.1) is 0 Å². The summed E-state index contributed by atoms with van der Waals surface area (Å²) in [4.78, 5) is 19.2. The third-order valence-electron chi connectivity index (χ3n) is 6.10. The summed E-state index contributed by atoms with van der Waals surface area (Å²) in [7, 11) is 0. The van der Waals surface area contributed by atoms with Crippen LogP contribution in [-0.2, 0) is 11.2 Å². The summed E-state index contributed by atoms with van der Waals surface area (Å²) in [6.07, 6.45) is 9.43. The Kier molecular flexibility index (Phi) is 5.64. The van der Waals surface area contributed by atoms with Crippen LogP contribution in [0.1, 0.15) is 49.8 Å². The van der Waals surface area contributed by atoms with Gasteiger partial charge in [-0.2, -0.15) is 5.26 Å². The summed E-state index contributed by atoms with van der Waals surface area (Å²) in [5, 5.41) is 9.56. The molecule has 2 aromatic rings. The average molecular weight is 394 g/mol. The Morgan fingerprint density at radius 3 is 2.57 bits per heavy atom. The lowest BCUT2D eigenvalue weighted by Crippen LogP contribution is -2.39. The van der Waals surface area contributed by atoms with Crippen molar-refractivity contribution >= 4 is 17.5 Å². The van der Waals surface area contributed by atoms with Gasteiger partial charge in [-0.1, -0.05) is 43.0 Å². The third-order valence-corrected chi connectivity index (χ3v) is 6.45. The highest BCUT2D eigenvalue weighted by Gasteiger charge is 2.36. The number of hydrogen-bond acceptors (Lipinski definition) is 3. The minimum atomic E-state index is 0.0434. The van der Waals surface area contributed by atoms with Gasteiger partial charge >= 0.3 is 0 Å². The standard InChI is InChI=1S/C23H24ClN3O/c24-22-13-16(19-8-9-20(14-25)26-15-19)6-7-17(22)12-18-10-11-27(23(18)28)21-4-2-1-3-5-21/h6-9,13,15,18,21H,1-5,10-12H2. The van der Waals surface area contributed by atoms with Crippen molar-refractivity contribution in [3.8, 4) is 17.2 Å². The minimum Gasteiger partial charge on any atom is -0.339 e. The van der Waals surface area contributed by atoms with Crippen LogP contribution < -0.4 is 0 Å². The first-order chi connectivity index (χ1) is 13.7. The van der Waals surface area contributed by atoms with E-state index in [1.807, 2.05) is 30.3 Å². The Morgan fingerprint density at radius 2 is 1.89 bits per heavy atom. The quantitative estimate of drug-likeness (QED) is 0.734. The molecule has 0 N–H and O–H groups in total. The van der Waals surface area contributed by atoms with Crippen LogP contribution in [0.2, 0.25) is 5.02 Å². The number of aromatic nitrogens is 1. The summed E-state index contributed by atoms with van der Waals surface area (Å²) in [5.74, 6) is 0.352. The molecule has 5 heteroatoms. The van der Waals surface area contributed by atoms with Crippen molar-refractivity contribution in [1.29, 1.82) is 5.26 Å². The number of pyridine rings is 1. The first-order valence-corrected chi connectivity index (χ1v) is 10.5. The second-order valence-electron chi connectivity index (χ2n) is 7.86. The van der Waals surface area contributed by atoms with Crippen LogP contribution in [0.4, 0.5) is 0 Å². The number of hydrogen-bond donors (Lipinski definition) is 0. The number of likely N-dealkylation sites (tertiary alicyclic amines) is 1. The fourth-order valence-corrected chi connectivity index (χ4v) is 4.75. The van der Waals surface area contributed by atoms with Crippen molar-refractivity contribution in [3.63, 3.8) is 0 Å². The van der Waals surface area contributed by atoms with Crippen LogP contribution in [0.25, 0.3) is 11.1 Å². The molecule has 1 atom stereocenters. The zero-order valence-corrected chi connectivity index (χ0v) is 16.7. The molecule has 2 fully saturated rings. The van der Waals surface area contributed by atoms with E-state index in [0.717, 1.165) is 42.5 Å². The lowest BCUT2D eigenvalue weighted by atomic mass is 9.93. The topological polar surface area (TPSA) is 57.0 Å². The smallest absolute Gasteiger partial charge is 0.226 e. The number of nitriles is 1. The lowest BCUT2D eigenvalue weighted by molar-refractivity contribution is -0.133. The number of carbonyl (C=O) groups is 1. The minimum absolute atomic E-state index is 0.0434. The summed E-state index contributed by atoms with van der Waals surface area (Å²) >= 11 is 6.55. The van der Waals surface area contributed by atoms with E-state index in [-0.39, 0.29) is 5.92 Å². The van der Waals surface area contributed by atoms with Gasteiger partial charge < -0.3 is 4.90 Å². The fourth-order valence-electron chi connectivity index (χ4n) is 4.50. The fraction of sp³-hybridized carbons (Fsp3) is 0.435. The molecule has 0 spiro atoms. The number of amides is 1. The molecule has 28 heavy (non-hydrogen) atoms. The van der Waals surface area contributed by atoms with Gasteiger partial charge in [0.25, 0.3) is 0 Å². The van der Waals surface area contributed by atoms with Crippen molar-refractivity contribution < 1.29 is 4.79 Å². The second kappa shape index (κ2) is 8.32. The van der Waals surface area contributed by atoms with Gasteiger partial charge in [-0.25, -0.2) is 4.98 Å². The van der Waals surface area contributed by atoms with Gasteiger partial charge in [-0.15, -0.1) is 0 Å². The van der Waals surface area contributed by atoms with E-state index in [9.17, 15) is 4.79 Å². The summed E-state index contributed by atoms with van der Waals surface area (Å²) in [6, 6.07) is 12.0. The number of halogens is 1. The van der Waals surface area contributed by atoms with Gasteiger partial charge in [0.15, 0.2) is 0 Å². The first-order valence-electron chi connectivity index (χ1n) is 10.1. The van der Waals surface area contributed by atoms with Gasteiger partial charge in [0, 0.05) is 35.3 Å². The monoisotopic (exact) mass is 393 g/mol. The molecule has 1 saturated carbocycles. The van der Waals surface area contributed by atoms with Crippen LogP contribution in [0.3, 0.4) is 0 Å². The highest BCUT2D eigenvalue weighted by atomic mass is 35.5. The molecular formula is C23H24ClN3O. The molecule has 1 aliphatic carbocycles. The van der Waals surface area contributed by atoms with E-state index in [4.69, 9.17) is 16.9 Å². The molecule has 1 aromatic carbocycles. The molecule has 4 rings (SSSR count). The molecule has 0 radical (unpaired) electrons. The number of nitrogens with zero attached hydrogens (tertiary/aromatic N) is 3. The summed E-state index contributed by atoms with van der Waals surface area (Å²) in [6.45, 7) is 0.890. The predicted molar refractivity (Wildman–Crippen MR) is 110 cm³/mol. The Hall–Kier alpha value is -2.38. The van der Waals surface area contributed by atoms with Crippen molar-refractivity contribution in [2.24, 2.45) is 5.92 Å². The summed E-state index contributed by atoms with van der Waals surface area (Å²) in [5.41, 5.74) is 3.31. The van der Waals surface area contributed by atoms with E-state index in [0.29, 0.717) is 29.1 Å². The molecule has 1 aromatic heterocycles. The van der Waals surface area contributed by atoms with Gasteiger partial charge in [-0.05, 0) is 55.0 Å². The molecule has 1 unspecified atom stereocenters. The van der Waals surface area contributed by atoms with Crippen LogP contribution in [0, 0.1) is 17.2 Å². The maximum atomic E-state index is 12.9. The van der Waals surface area contributed by atoms with Crippen molar-refractivity contribution in [2.75, 3.05) is 6.54 Å². The normalized spacial score (nSPS) is 20.4. The van der Waals surface area contributed by atoms with Gasteiger partial charge in [-0.3, -0.25) is 4.79 Å². The third kappa shape index (κ3) is 3.91. The Morgan fingerprint density at radius 1 is 1.11 bits per heavy atom. The summed E-state index contributed by atoms with van der Waals surface area (Å²) < 4.78 is 0. The predicted octanol–water partition coefficient (Wildman–Crippen LogP) is 5.00. The molecule has 1 saturated heterocycles. The molecule has 1 amide bonds. The van der Waals surface area contributed by atoms with Crippen LogP contribution >= 0.6 is 11.6 Å². The van der Waals surface area contributed by atoms with Crippen LogP contribution in [0.15, 0.2) is 36.5 Å². The van der Waals surface area contributed by atoms with E-state index in [2.05, 4.69) is 9.88 Å². The zero-order valence-electron chi connectivity index (χ0n) is 15.9. The van der Waals surface area contributed by atoms with E-state index in [1.165, 1.54) is 19.3 Å². The Balaban J connectivity index is 1.45. The maximum absolute atomic E-state index is 12.9. The van der Waals surface area contributed by atoms with Crippen LogP contribution in [0.5, 0.6) is 0 Å². The highest BCUT2D eigenvalue weighted by Crippen LogP contribution is 2.33. The first kappa shape index (κ1) is 19.0. The number of benzene rings is 1. The average Bonchev–Trinajstić information content (AvgIpc) is 3.10. The van der Waals surface area contributed by atoms with E-state index in [1.54, 1.807) is 12.3 Å². The molecular weight excluding hydrogens is 370 g/mol. The molecule has 2 heterocycles. The number of carbonyl (C=O) groups excluding carboxylic acids is 1. The van der Waals surface area contributed by atoms with E-state index < -0.39 is 0 Å². The Bertz CT molecular complexity index is 897. The zero-order chi connectivity index (χ0) is 19.5. The molecule has 144 valence electrons. The van der Waals surface area contributed by atoms with Crippen molar-refractivity contribution in [1.82, 2.24) is 9.88 Å². The SMILES string of the molecule is N#Cc1ccc(-c2ccc(CC3CCN(C4CCCCC4)C3=O)c(Cl)c2)cn1.